The van der Waals surface area contributed by atoms with Crippen molar-refractivity contribution in [2.75, 3.05) is 0 Å². The fraction of sp³-hybridized carbons (Fsp3) is 0.0588. The van der Waals surface area contributed by atoms with Crippen LogP contribution in [0.4, 0.5) is 0 Å². The van der Waals surface area contributed by atoms with Gasteiger partial charge in [0, 0.05) is 17.3 Å². The number of benzene rings is 1. The standard InChI is InChI=1S/C17H13NO2/c1-12-8-9-18-16(10-12)13-2-4-14(5-3-13)17-7-6-15(11-19)20-17/h2-11H,1H3. The summed E-state index contributed by atoms with van der Waals surface area (Å²) in [5.41, 5.74) is 4.12. The van der Waals surface area contributed by atoms with Crippen LogP contribution in [0.2, 0.25) is 0 Å². The Balaban J connectivity index is 1.93. The Morgan fingerprint density at radius 3 is 2.40 bits per heavy atom. The maximum Gasteiger partial charge on any atom is 0.185 e. The van der Waals surface area contributed by atoms with Gasteiger partial charge >= 0.3 is 0 Å². The summed E-state index contributed by atoms with van der Waals surface area (Å²) in [5.74, 6) is 1.03. The van der Waals surface area contributed by atoms with Crippen LogP contribution >= 0.6 is 0 Å². The number of furan rings is 1. The third-order valence-electron chi connectivity index (χ3n) is 3.12. The molecule has 0 bridgehead atoms. The molecule has 0 aliphatic carbocycles. The van der Waals surface area contributed by atoms with Crippen LogP contribution in [-0.2, 0) is 0 Å². The van der Waals surface area contributed by atoms with Crippen LogP contribution in [0.1, 0.15) is 16.1 Å². The normalized spacial score (nSPS) is 10.4. The molecule has 0 unspecified atom stereocenters. The van der Waals surface area contributed by atoms with Gasteiger partial charge in [-0.1, -0.05) is 24.3 Å². The van der Waals surface area contributed by atoms with Gasteiger partial charge in [-0.15, -0.1) is 0 Å². The van der Waals surface area contributed by atoms with Gasteiger partial charge in [0.25, 0.3) is 0 Å². The van der Waals surface area contributed by atoms with E-state index >= 15 is 0 Å². The minimum absolute atomic E-state index is 0.337. The smallest absolute Gasteiger partial charge is 0.185 e. The Morgan fingerprint density at radius 1 is 1.00 bits per heavy atom. The Morgan fingerprint density at radius 2 is 1.75 bits per heavy atom. The third-order valence-corrected chi connectivity index (χ3v) is 3.12. The summed E-state index contributed by atoms with van der Waals surface area (Å²) >= 11 is 0. The quantitative estimate of drug-likeness (QED) is 0.667. The molecule has 3 aromatic rings. The number of nitrogens with zero attached hydrogens (tertiary/aromatic N) is 1. The second kappa shape index (κ2) is 5.13. The van der Waals surface area contributed by atoms with Crippen LogP contribution in [-0.4, -0.2) is 11.3 Å². The maximum absolute atomic E-state index is 10.6. The topological polar surface area (TPSA) is 43.1 Å². The summed E-state index contributed by atoms with van der Waals surface area (Å²) in [5, 5.41) is 0. The zero-order valence-electron chi connectivity index (χ0n) is 11.0. The van der Waals surface area contributed by atoms with E-state index in [-0.39, 0.29) is 0 Å². The Labute approximate surface area is 116 Å². The lowest BCUT2D eigenvalue weighted by molar-refractivity contribution is 0.110. The van der Waals surface area contributed by atoms with Crippen molar-refractivity contribution in [1.29, 1.82) is 0 Å². The lowest BCUT2D eigenvalue weighted by Crippen LogP contribution is -1.84. The molecule has 0 radical (unpaired) electrons. The highest BCUT2D eigenvalue weighted by Crippen LogP contribution is 2.25. The van der Waals surface area contributed by atoms with Crippen LogP contribution < -0.4 is 0 Å². The summed E-state index contributed by atoms with van der Waals surface area (Å²) in [6, 6.07) is 15.4. The predicted octanol–water partition coefficient (Wildman–Crippen LogP) is 4.13. The molecular formula is C17H13NO2. The van der Waals surface area contributed by atoms with E-state index in [2.05, 4.69) is 4.98 Å². The second-order valence-corrected chi connectivity index (χ2v) is 4.62. The molecule has 0 aliphatic heterocycles. The first-order valence-corrected chi connectivity index (χ1v) is 6.35. The molecular weight excluding hydrogens is 250 g/mol. The van der Waals surface area contributed by atoms with Gasteiger partial charge in [-0.2, -0.15) is 0 Å². The average Bonchev–Trinajstić information content (AvgIpc) is 2.96. The molecule has 3 heteroatoms. The minimum atomic E-state index is 0.337. The number of aryl methyl sites for hydroxylation is 1. The van der Waals surface area contributed by atoms with Crippen LogP contribution in [0.15, 0.2) is 59.1 Å². The van der Waals surface area contributed by atoms with E-state index in [9.17, 15) is 4.79 Å². The Kier molecular flexibility index (Phi) is 3.17. The molecule has 0 N–H and O–H groups in total. The largest absolute Gasteiger partial charge is 0.453 e. The van der Waals surface area contributed by atoms with Crippen molar-refractivity contribution in [2.24, 2.45) is 0 Å². The van der Waals surface area contributed by atoms with Gasteiger partial charge in [-0.05, 0) is 36.8 Å². The zero-order valence-corrected chi connectivity index (χ0v) is 11.0. The maximum atomic E-state index is 10.6. The van der Waals surface area contributed by atoms with Gasteiger partial charge in [0.2, 0.25) is 0 Å². The minimum Gasteiger partial charge on any atom is -0.453 e. The molecule has 0 fully saturated rings. The zero-order chi connectivity index (χ0) is 13.9. The van der Waals surface area contributed by atoms with Crippen molar-refractivity contribution >= 4 is 6.29 Å². The van der Waals surface area contributed by atoms with Gasteiger partial charge in [-0.25, -0.2) is 0 Å². The SMILES string of the molecule is Cc1ccnc(-c2ccc(-c3ccc(C=O)o3)cc2)c1. The number of carbonyl (C=O) groups is 1. The first kappa shape index (κ1) is 12.4. The number of aromatic nitrogens is 1. The fourth-order valence-electron chi connectivity index (χ4n) is 2.07. The fourth-order valence-corrected chi connectivity index (χ4v) is 2.07. The second-order valence-electron chi connectivity index (χ2n) is 4.62. The number of hydrogen-bond donors (Lipinski definition) is 0. The van der Waals surface area contributed by atoms with E-state index < -0.39 is 0 Å². The van der Waals surface area contributed by atoms with Gasteiger partial charge in [0.05, 0.1) is 5.69 Å². The third kappa shape index (κ3) is 2.38. The number of pyridine rings is 1. The van der Waals surface area contributed by atoms with Crippen LogP contribution in [0.25, 0.3) is 22.6 Å². The van der Waals surface area contributed by atoms with Crippen molar-refractivity contribution < 1.29 is 9.21 Å². The predicted molar refractivity (Wildman–Crippen MR) is 77.5 cm³/mol. The molecule has 1 aromatic carbocycles. The van der Waals surface area contributed by atoms with Crippen molar-refractivity contribution in [1.82, 2.24) is 4.98 Å². The van der Waals surface area contributed by atoms with Crippen LogP contribution in [0, 0.1) is 6.92 Å². The summed E-state index contributed by atoms with van der Waals surface area (Å²) in [4.78, 5) is 15.0. The molecule has 0 spiro atoms. The van der Waals surface area contributed by atoms with Gasteiger partial charge in [0.1, 0.15) is 5.76 Å². The van der Waals surface area contributed by atoms with Crippen molar-refractivity contribution in [3.05, 3.63) is 66.1 Å². The Bertz CT molecular complexity index is 742. The Hall–Kier alpha value is -2.68. The van der Waals surface area contributed by atoms with E-state index in [1.165, 1.54) is 5.56 Å². The average molecular weight is 263 g/mol. The number of carbonyl (C=O) groups excluding carboxylic acids is 1. The molecule has 0 amide bonds. The highest BCUT2D eigenvalue weighted by Gasteiger charge is 2.05. The summed E-state index contributed by atoms with van der Waals surface area (Å²) in [7, 11) is 0. The molecule has 2 heterocycles. The van der Waals surface area contributed by atoms with Crippen LogP contribution in [0.5, 0.6) is 0 Å². The molecule has 3 nitrogen and oxygen atoms in total. The van der Waals surface area contributed by atoms with Gasteiger partial charge < -0.3 is 4.42 Å². The van der Waals surface area contributed by atoms with Crippen LogP contribution in [0.3, 0.4) is 0 Å². The van der Waals surface area contributed by atoms with Gasteiger partial charge in [0.15, 0.2) is 12.0 Å². The first-order valence-electron chi connectivity index (χ1n) is 6.35. The van der Waals surface area contributed by atoms with E-state index in [1.807, 2.05) is 49.5 Å². The lowest BCUT2D eigenvalue weighted by atomic mass is 10.1. The summed E-state index contributed by atoms with van der Waals surface area (Å²) in [6.07, 6.45) is 2.51. The van der Waals surface area contributed by atoms with Gasteiger partial charge in [-0.3, -0.25) is 9.78 Å². The summed E-state index contributed by atoms with van der Waals surface area (Å²) < 4.78 is 5.40. The molecule has 0 atom stereocenters. The molecule has 2 aromatic heterocycles. The molecule has 0 aliphatic rings. The van der Waals surface area contributed by atoms with E-state index in [0.717, 1.165) is 16.8 Å². The van der Waals surface area contributed by atoms with Crippen molar-refractivity contribution in [2.45, 2.75) is 6.92 Å². The van der Waals surface area contributed by atoms with E-state index in [0.29, 0.717) is 17.8 Å². The monoisotopic (exact) mass is 263 g/mol. The molecule has 98 valence electrons. The molecule has 20 heavy (non-hydrogen) atoms. The number of aldehydes is 1. The number of rotatable bonds is 3. The highest BCUT2D eigenvalue weighted by atomic mass is 16.3. The molecule has 3 rings (SSSR count). The molecule has 0 saturated carbocycles. The number of hydrogen-bond acceptors (Lipinski definition) is 3. The van der Waals surface area contributed by atoms with Crippen molar-refractivity contribution in [3.8, 4) is 22.6 Å². The summed E-state index contributed by atoms with van der Waals surface area (Å²) in [6.45, 7) is 2.04. The lowest BCUT2D eigenvalue weighted by Gasteiger charge is -2.03. The highest BCUT2D eigenvalue weighted by molar-refractivity contribution is 5.73. The van der Waals surface area contributed by atoms with Crippen molar-refractivity contribution in [3.63, 3.8) is 0 Å². The van der Waals surface area contributed by atoms with E-state index in [4.69, 9.17) is 4.42 Å². The molecule has 0 saturated heterocycles. The first-order chi connectivity index (χ1) is 9.76. The van der Waals surface area contributed by atoms with E-state index in [1.54, 1.807) is 12.1 Å².